The number of alkyl carbamates (subject to hydrolysis) is 1. The summed E-state index contributed by atoms with van der Waals surface area (Å²) in [6.07, 6.45) is 1.25. The molecule has 1 aromatic heterocycles. The Bertz CT molecular complexity index is 944. The first-order chi connectivity index (χ1) is 14.6. The molecule has 1 amide bonds. The van der Waals surface area contributed by atoms with E-state index >= 15 is 0 Å². The molecule has 0 radical (unpaired) electrons. The number of hydrogen-bond donors (Lipinski definition) is 1. The van der Waals surface area contributed by atoms with Crippen LogP contribution in [0.3, 0.4) is 0 Å². The van der Waals surface area contributed by atoms with E-state index in [1.165, 1.54) is 10.4 Å². The highest BCUT2D eigenvalue weighted by atomic mass is 16.5. The number of ether oxygens (including phenoxy) is 1. The van der Waals surface area contributed by atoms with E-state index in [0.29, 0.717) is 18.7 Å². The van der Waals surface area contributed by atoms with Gasteiger partial charge < -0.3 is 10.1 Å². The number of carbonyl (C=O) groups excluding carboxylic acids is 2. The van der Waals surface area contributed by atoms with Crippen LogP contribution in [0.1, 0.15) is 30.3 Å². The number of ketones is 1. The van der Waals surface area contributed by atoms with E-state index in [2.05, 4.69) is 20.7 Å². The van der Waals surface area contributed by atoms with Gasteiger partial charge in [0.2, 0.25) is 0 Å². The van der Waals surface area contributed by atoms with Crippen LogP contribution in [0.5, 0.6) is 0 Å². The third kappa shape index (κ3) is 6.51. The molecule has 0 aliphatic rings. The van der Waals surface area contributed by atoms with Crippen LogP contribution in [0.2, 0.25) is 0 Å². The largest absolute Gasteiger partial charge is 0.445 e. The molecule has 0 spiro atoms. The highest BCUT2D eigenvalue weighted by Crippen LogP contribution is 2.04. The fraction of sp³-hybridized carbons (Fsp3) is 0.318. The first-order valence-electron chi connectivity index (χ1n) is 9.94. The lowest BCUT2D eigenvalue weighted by Crippen LogP contribution is -2.42. The molecule has 1 N–H and O–H groups in total. The highest BCUT2D eigenvalue weighted by Gasteiger charge is 2.21. The Labute approximate surface area is 175 Å². The van der Waals surface area contributed by atoms with Crippen LogP contribution in [0, 0.1) is 0 Å². The topological polar surface area (TPSA) is 99.0 Å². The minimum atomic E-state index is -0.674. The molecule has 1 unspecified atom stereocenters. The third-order valence-electron chi connectivity index (χ3n) is 4.57. The van der Waals surface area contributed by atoms with Crippen LogP contribution in [-0.2, 0) is 35.5 Å². The van der Waals surface area contributed by atoms with Gasteiger partial charge in [-0.2, -0.15) is 4.80 Å². The number of hydrogen-bond acceptors (Lipinski definition) is 6. The van der Waals surface area contributed by atoms with Crippen LogP contribution >= 0.6 is 0 Å². The number of Topliss-reactive ketones (excluding diaryl/α,β-unsaturated/α-hetero) is 1. The molecule has 0 aliphatic carbocycles. The smallest absolute Gasteiger partial charge is 0.408 e. The molecule has 0 saturated heterocycles. The van der Waals surface area contributed by atoms with Gasteiger partial charge in [-0.1, -0.05) is 67.6 Å². The Hall–Kier alpha value is -3.55. The monoisotopic (exact) mass is 407 g/mol. The van der Waals surface area contributed by atoms with Gasteiger partial charge in [-0.3, -0.25) is 4.79 Å². The Balaban J connectivity index is 1.46. The quantitative estimate of drug-likeness (QED) is 0.555. The Kier molecular flexibility index (Phi) is 7.65. The van der Waals surface area contributed by atoms with Gasteiger partial charge in [0.15, 0.2) is 11.6 Å². The highest BCUT2D eigenvalue weighted by molar-refractivity contribution is 5.87. The summed E-state index contributed by atoms with van der Waals surface area (Å²) in [4.78, 5) is 25.8. The summed E-state index contributed by atoms with van der Waals surface area (Å²) in [5, 5.41) is 14.8. The summed E-state index contributed by atoms with van der Waals surface area (Å²) < 4.78 is 5.19. The van der Waals surface area contributed by atoms with E-state index in [1.807, 2.05) is 67.6 Å². The van der Waals surface area contributed by atoms with Gasteiger partial charge >= 0.3 is 6.09 Å². The molecule has 0 saturated carbocycles. The molecule has 30 heavy (non-hydrogen) atoms. The van der Waals surface area contributed by atoms with Crippen molar-refractivity contribution in [2.75, 3.05) is 0 Å². The summed E-state index contributed by atoms with van der Waals surface area (Å²) in [7, 11) is 0. The molecule has 156 valence electrons. The van der Waals surface area contributed by atoms with Gasteiger partial charge in [-0.25, -0.2) is 4.79 Å². The molecule has 8 heteroatoms. The normalized spacial score (nSPS) is 11.6. The first-order valence-corrected chi connectivity index (χ1v) is 9.94. The van der Waals surface area contributed by atoms with Crippen molar-refractivity contribution in [3.63, 3.8) is 0 Å². The zero-order valence-corrected chi connectivity index (χ0v) is 16.9. The van der Waals surface area contributed by atoms with E-state index in [4.69, 9.17) is 4.74 Å². The molecule has 3 rings (SSSR count). The van der Waals surface area contributed by atoms with Gasteiger partial charge in [-0.05, 0) is 29.2 Å². The minimum Gasteiger partial charge on any atom is -0.445 e. The predicted octanol–water partition coefficient (Wildman–Crippen LogP) is 2.73. The number of carbonyl (C=O) groups is 2. The van der Waals surface area contributed by atoms with Gasteiger partial charge in [0, 0.05) is 6.42 Å². The third-order valence-corrected chi connectivity index (χ3v) is 4.57. The summed E-state index contributed by atoms with van der Waals surface area (Å²) in [5.74, 6) is 0.371. The van der Waals surface area contributed by atoms with E-state index in [-0.39, 0.29) is 18.9 Å². The average molecular weight is 407 g/mol. The van der Waals surface area contributed by atoms with Crippen LogP contribution < -0.4 is 5.32 Å². The second kappa shape index (κ2) is 10.8. The lowest BCUT2D eigenvalue weighted by atomic mass is 10.1. The standard InChI is InChI=1S/C22H25N5O3/c1-2-19(23-22(29)30-16-18-11-7-4-8-12-18)20(28)15-27-25-21(24-26-27)14-13-17-9-5-3-6-10-17/h3-12,19H,2,13-16H2,1H3,(H,23,29). The minimum absolute atomic E-state index is 0.0597. The summed E-state index contributed by atoms with van der Waals surface area (Å²) in [6, 6.07) is 18.7. The number of nitrogens with one attached hydrogen (secondary N) is 1. The number of aryl methyl sites for hydroxylation is 2. The van der Waals surface area contributed by atoms with Crippen LogP contribution in [0.25, 0.3) is 0 Å². The van der Waals surface area contributed by atoms with Crippen LogP contribution in [-0.4, -0.2) is 38.1 Å². The zero-order chi connectivity index (χ0) is 21.2. The number of tetrazole rings is 1. The number of nitrogens with zero attached hydrogens (tertiary/aromatic N) is 4. The van der Waals surface area contributed by atoms with E-state index in [1.54, 1.807) is 0 Å². The summed E-state index contributed by atoms with van der Waals surface area (Å²) in [6.45, 7) is 1.91. The van der Waals surface area contributed by atoms with Crippen molar-refractivity contribution >= 4 is 11.9 Å². The maximum atomic E-state index is 12.5. The second-order valence-corrected chi connectivity index (χ2v) is 6.85. The SMILES string of the molecule is CCC(NC(=O)OCc1ccccc1)C(=O)Cn1nnc(CCc2ccccc2)n1. The predicted molar refractivity (Wildman–Crippen MR) is 111 cm³/mol. The average Bonchev–Trinajstić information content (AvgIpc) is 3.23. The van der Waals surface area contributed by atoms with Crippen molar-refractivity contribution in [3.8, 4) is 0 Å². The molecule has 3 aromatic rings. The molecular weight excluding hydrogens is 382 g/mol. The Morgan fingerprint density at radius 1 is 1.00 bits per heavy atom. The van der Waals surface area contributed by atoms with Gasteiger partial charge in [0.25, 0.3) is 0 Å². The first kappa shape index (κ1) is 21.2. The lowest BCUT2D eigenvalue weighted by molar-refractivity contribution is -0.122. The van der Waals surface area contributed by atoms with Crippen molar-refractivity contribution in [2.45, 2.75) is 45.4 Å². The lowest BCUT2D eigenvalue weighted by Gasteiger charge is -2.15. The zero-order valence-electron chi connectivity index (χ0n) is 16.9. The van der Waals surface area contributed by atoms with E-state index < -0.39 is 12.1 Å². The molecule has 0 bridgehead atoms. The molecule has 8 nitrogen and oxygen atoms in total. The molecule has 1 atom stereocenters. The van der Waals surface area contributed by atoms with E-state index in [9.17, 15) is 9.59 Å². The fourth-order valence-electron chi connectivity index (χ4n) is 2.91. The number of amides is 1. The van der Waals surface area contributed by atoms with Crippen molar-refractivity contribution in [1.82, 2.24) is 25.5 Å². The number of rotatable bonds is 10. The fourth-order valence-corrected chi connectivity index (χ4v) is 2.91. The van der Waals surface area contributed by atoms with Crippen LogP contribution in [0.15, 0.2) is 60.7 Å². The molecule has 0 fully saturated rings. The van der Waals surface area contributed by atoms with Gasteiger partial charge in [0.1, 0.15) is 13.2 Å². The second-order valence-electron chi connectivity index (χ2n) is 6.85. The Morgan fingerprint density at radius 2 is 1.67 bits per heavy atom. The summed E-state index contributed by atoms with van der Waals surface area (Å²) >= 11 is 0. The van der Waals surface area contributed by atoms with Crippen molar-refractivity contribution in [1.29, 1.82) is 0 Å². The van der Waals surface area contributed by atoms with Crippen molar-refractivity contribution in [3.05, 3.63) is 77.6 Å². The Morgan fingerprint density at radius 3 is 2.33 bits per heavy atom. The molecule has 0 aliphatic heterocycles. The molecule has 1 heterocycles. The van der Waals surface area contributed by atoms with Crippen LogP contribution in [0.4, 0.5) is 4.79 Å². The number of benzene rings is 2. The molecule has 2 aromatic carbocycles. The van der Waals surface area contributed by atoms with Gasteiger partial charge in [0.05, 0.1) is 6.04 Å². The van der Waals surface area contributed by atoms with E-state index in [0.717, 1.165) is 12.0 Å². The molecular formula is C22H25N5O3. The van der Waals surface area contributed by atoms with Crippen molar-refractivity contribution < 1.29 is 14.3 Å². The maximum absolute atomic E-state index is 12.5. The van der Waals surface area contributed by atoms with Gasteiger partial charge in [-0.15, -0.1) is 10.2 Å². The van der Waals surface area contributed by atoms with Crippen molar-refractivity contribution in [2.24, 2.45) is 0 Å². The maximum Gasteiger partial charge on any atom is 0.408 e. The summed E-state index contributed by atoms with van der Waals surface area (Å²) in [5.41, 5.74) is 2.07. The number of aromatic nitrogens is 4.